The van der Waals surface area contributed by atoms with E-state index < -0.39 is 0 Å². The van der Waals surface area contributed by atoms with Crippen molar-refractivity contribution in [3.8, 4) is 0 Å². The Morgan fingerprint density at radius 1 is 1.22 bits per heavy atom. The highest BCUT2D eigenvalue weighted by Crippen LogP contribution is 2.15. The smallest absolute Gasteiger partial charge is 0.0594 e. The molecule has 0 bridgehead atoms. The number of nitrogens with one attached hydrogen (secondary N) is 1. The van der Waals surface area contributed by atoms with Crippen molar-refractivity contribution < 1.29 is 4.74 Å². The third kappa shape index (κ3) is 4.09. The van der Waals surface area contributed by atoms with Gasteiger partial charge in [-0.05, 0) is 12.0 Å². The van der Waals surface area contributed by atoms with Crippen molar-refractivity contribution in [3.63, 3.8) is 0 Å². The summed E-state index contributed by atoms with van der Waals surface area (Å²) in [5.41, 5.74) is 1.39. The first-order valence-corrected chi connectivity index (χ1v) is 6.98. The number of ether oxygens (including phenoxy) is 1. The standard InChI is InChI=1S/C15H24N2O/c1-2-15(14-6-4-3-5-7-14)16-8-9-17-10-12-18-13-11-17/h3-7,15-16H,2,8-13H2,1H3. The predicted octanol–water partition coefficient (Wildman–Crippen LogP) is 2.06. The van der Waals surface area contributed by atoms with Gasteiger partial charge in [0.1, 0.15) is 0 Å². The lowest BCUT2D eigenvalue weighted by Gasteiger charge is -2.27. The molecule has 1 atom stereocenters. The van der Waals surface area contributed by atoms with Gasteiger partial charge < -0.3 is 10.1 Å². The highest BCUT2D eigenvalue weighted by atomic mass is 16.5. The first-order valence-electron chi connectivity index (χ1n) is 6.98. The number of nitrogens with zero attached hydrogens (tertiary/aromatic N) is 1. The van der Waals surface area contributed by atoms with Crippen molar-refractivity contribution in [2.24, 2.45) is 0 Å². The maximum Gasteiger partial charge on any atom is 0.0594 e. The molecule has 3 nitrogen and oxygen atoms in total. The van der Waals surface area contributed by atoms with Gasteiger partial charge >= 0.3 is 0 Å². The summed E-state index contributed by atoms with van der Waals surface area (Å²) >= 11 is 0. The van der Waals surface area contributed by atoms with E-state index in [0.717, 1.165) is 45.8 Å². The second-order valence-electron chi connectivity index (χ2n) is 4.78. The molecule has 1 N–H and O–H groups in total. The Morgan fingerprint density at radius 2 is 1.94 bits per heavy atom. The van der Waals surface area contributed by atoms with Crippen LogP contribution in [0.15, 0.2) is 30.3 Å². The quantitative estimate of drug-likeness (QED) is 0.834. The lowest BCUT2D eigenvalue weighted by molar-refractivity contribution is 0.0381. The average Bonchev–Trinajstić information content (AvgIpc) is 2.46. The van der Waals surface area contributed by atoms with E-state index in [1.807, 2.05) is 0 Å². The minimum absolute atomic E-state index is 0.479. The molecule has 1 aliphatic rings. The largest absolute Gasteiger partial charge is 0.379 e. The van der Waals surface area contributed by atoms with Gasteiger partial charge in [-0.15, -0.1) is 0 Å². The molecule has 0 saturated carbocycles. The van der Waals surface area contributed by atoms with E-state index in [4.69, 9.17) is 4.74 Å². The molecule has 1 aromatic rings. The van der Waals surface area contributed by atoms with Crippen molar-refractivity contribution in [1.82, 2.24) is 10.2 Å². The first kappa shape index (κ1) is 13.5. The Morgan fingerprint density at radius 3 is 2.61 bits per heavy atom. The monoisotopic (exact) mass is 248 g/mol. The summed E-state index contributed by atoms with van der Waals surface area (Å²) in [4.78, 5) is 2.47. The second kappa shape index (κ2) is 7.52. The highest BCUT2D eigenvalue weighted by molar-refractivity contribution is 5.18. The highest BCUT2D eigenvalue weighted by Gasteiger charge is 2.11. The Labute approximate surface area is 110 Å². The molecular weight excluding hydrogens is 224 g/mol. The number of morpholine rings is 1. The van der Waals surface area contributed by atoms with Crippen LogP contribution in [0.2, 0.25) is 0 Å². The van der Waals surface area contributed by atoms with Crippen LogP contribution in [0.25, 0.3) is 0 Å². The van der Waals surface area contributed by atoms with Crippen LogP contribution in [0.3, 0.4) is 0 Å². The molecule has 1 aliphatic heterocycles. The van der Waals surface area contributed by atoms with Gasteiger partial charge in [0.05, 0.1) is 13.2 Å². The topological polar surface area (TPSA) is 24.5 Å². The van der Waals surface area contributed by atoms with Gasteiger partial charge in [-0.25, -0.2) is 0 Å². The normalized spacial score (nSPS) is 18.7. The zero-order valence-corrected chi connectivity index (χ0v) is 11.3. The molecule has 1 aromatic carbocycles. The number of hydrogen-bond donors (Lipinski definition) is 1. The van der Waals surface area contributed by atoms with Crippen molar-refractivity contribution in [3.05, 3.63) is 35.9 Å². The van der Waals surface area contributed by atoms with Gasteiger partial charge in [0, 0.05) is 32.2 Å². The number of benzene rings is 1. The maximum atomic E-state index is 5.36. The lowest BCUT2D eigenvalue weighted by atomic mass is 10.0. The molecule has 1 heterocycles. The van der Waals surface area contributed by atoms with Gasteiger partial charge in [0.2, 0.25) is 0 Å². The fourth-order valence-corrected chi connectivity index (χ4v) is 2.40. The van der Waals surface area contributed by atoms with Crippen LogP contribution in [-0.4, -0.2) is 44.3 Å². The minimum atomic E-state index is 0.479. The summed E-state index contributed by atoms with van der Waals surface area (Å²) in [6.07, 6.45) is 1.13. The second-order valence-corrected chi connectivity index (χ2v) is 4.78. The molecule has 1 fully saturated rings. The number of hydrogen-bond acceptors (Lipinski definition) is 3. The maximum absolute atomic E-state index is 5.36. The van der Waals surface area contributed by atoms with Crippen LogP contribution in [0, 0.1) is 0 Å². The van der Waals surface area contributed by atoms with E-state index in [-0.39, 0.29) is 0 Å². The van der Waals surface area contributed by atoms with E-state index in [9.17, 15) is 0 Å². The van der Waals surface area contributed by atoms with E-state index in [2.05, 4.69) is 47.5 Å². The fraction of sp³-hybridized carbons (Fsp3) is 0.600. The molecule has 3 heteroatoms. The van der Waals surface area contributed by atoms with Crippen LogP contribution >= 0.6 is 0 Å². The molecule has 0 amide bonds. The lowest BCUT2D eigenvalue weighted by Crippen LogP contribution is -2.40. The summed E-state index contributed by atoms with van der Waals surface area (Å²) in [5.74, 6) is 0. The van der Waals surface area contributed by atoms with E-state index in [1.165, 1.54) is 5.56 Å². The summed E-state index contributed by atoms with van der Waals surface area (Å²) in [5, 5.41) is 3.65. The SMILES string of the molecule is CCC(NCCN1CCOCC1)c1ccccc1. The molecule has 100 valence electrons. The predicted molar refractivity (Wildman–Crippen MR) is 74.7 cm³/mol. The van der Waals surface area contributed by atoms with E-state index >= 15 is 0 Å². The summed E-state index contributed by atoms with van der Waals surface area (Å²) in [6.45, 7) is 8.32. The molecule has 0 spiro atoms. The molecule has 1 unspecified atom stereocenters. The molecule has 2 rings (SSSR count). The van der Waals surface area contributed by atoms with Gasteiger partial charge in [-0.3, -0.25) is 4.90 Å². The molecule has 18 heavy (non-hydrogen) atoms. The zero-order chi connectivity index (χ0) is 12.6. The number of rotatable bonds is 6. The van der Waals surface area contributed by atoms with Crippen LogP contribution in [0.4, 0.5) is 0 Å². The van der Waals surface area contributed by atoms with E-state index in [0.29, 0.717) is 6.04 Å². The van der Waals surface area contributed by atoms with Gasteiger partial charge in [0.25, 0.3) is 0 Å². The summed E-state index contributed by atoms with van der Waals surface area (Å²) < 4.78 is 5.36. The first-order chi connectivity index (χ1) is 8.90. The molecular formula is C15H24N2O. The summed E-state index contributed by atoms with van der Waals surface area (Å²) in [7, 11) is 0. The van der Waals surface area contributed by atoms with Crippen LogP contribution in [0.5, 0.6) is 0 Å². The van der Waals surface area contributed by atoms with Gasteiger partial charge in [-0.1, -0.05) is 37.3 Å². The van der Waals surface area contributed by atoms with Crippen LogP contribution in [-0.2, 0) is 4.74 Å². The molecule has 0 radical (unpaired) electrons. The van der Waals surface area contributed by atoms with Crippen molar-refractivity contribution in [1.29, 1.82) is 0 Å². The van der Waals surface area contributed by atoms with E-state index in [1.54, 1.807) is 0 Å². The van der Waals surface area contributed by atoms with Gasteiger partial charge in [-0.2, -0.15) is 0 Å². The average molecular weight is 248 g/mol. The van der Waals surface area contributed by atoms with Crippen molar-refractivity contribution in [2.45, 2.75) is 19.4 Å². The molecule has 0 aliphatic carbocycles. The van der Waals surface area contributed by atoms with Crippen LogP contribution in [0.1, 0.15) is 24.9 Å². The third-order valence-corrected chi connectivity index (χ3v) is 3.53. The molecule has 0 aromatic heterocycles. The fourth-order valence-electron chi connectivity index (χ4n) is 2.40. The Balaban J connectivity index is 1.73. The van der Waals surface area contributed by atoms with Crippen LogP contribution < -0.4 is 5.32 Å². The summed E-state index contributed by atoms with van der Waals surface area (Å²) in [6, 6.07) is 11.2. The molecule has 1 saturated heterocycles. The van der Waals surface area contributed by atoms with Crippen molar-refractivity contribution in [2.75, 3.05) is 39.4 Å². The zero-order valence-electron chi connectivity index (χ0n) is 11.3. The van der Waals surface area contributed by atoms with Crippen molar-refractivity contribution >= 4 is 0 Å². The third-order valence-electron chi connectivity index (χ3n) is 3.53. The Hall–Kier alpha value is -0.900. The van der Waals surface area contributed by atoms with Gasteiger partial charge in [0.15, 0.2) is 0 Å². The Bertz CT molecular complexity index is 323. The Kier molecular flexibility index (Phi) is 5.65. The minimum Gasteiger partial charge on any atom is -0.379 e.